The molecule has 0 saturated carbocycles. The Morgan fingerprint density at radius 2 is 2.18 bits per heavy atom. The molecule has 1 aromatic carbocycles. The monoisotopic (exact) mass is 409 g/mol. The van der Waals surface area contributed by atoms with Gasteiger partial charge in [0.05, 0.1) is 36.0 Å². The fourth-order valence-corrected chi connectivity index (χ4v) is 5.06. The van der Waals surface area contributed by atoms with Gasteiger partial charge in [0.2, 0.25) is 5.91 Å². The summed E-state index contributed by atoms with van der Waals surface area (Å²) in [5, 5.41) is 2.63. The Morgan fingerprint density at radius 3 is 2.82 bits per heavy atom. The summed E-state index contributed by atoms with van der Waals surface area (Å²) in [6.07, 6.45) is 0.814. The van der Waals surface area contributed by atoms with E-state index in [9.17, 15) is 14.0 Å². The number of hydrogen-bond acceptors (Lipinski definition) is 6. The van der Waals surface area contributed by atoms with E-state index >= 15 is 0 Å². The van der Waals surface area contributed by atoms with Crippen molar-refractivity contribution in [1.29, 1.82) is 0 Å². The lowest BCUT2D eigenvalue weighted by Crippen LogP contribution is -2.45. The Labute approximate surface area is 167 Å². The molecule has 4 rings (SSSR count). The number of thioether (sulfide) groups is 1. The highest BCUT2D eigenvalue weighted by Gasteiger charge is 2.39. The second kappa shape index (κ2) is 7.79. The highest BCUT2D eigenvalue weighted by Crippen LogP contribution is 2.38. The molecule has 0 unspecified atom stereocenters. The molecule has 2 amide bonds. The van der Waals surface area contributed by atoms with Crippen LogP contribution in [-0.4, -0.2) is 61.6 Å². The van der Waals surface area contributed by atoms with Crippen LogP contribution in [0.25, 0.3) is 0 Å². The number of carbonyl (C=O) groups is 2. The number of cyclic esters (lactones) is 1. The zero-order valence-electron chi connectivity index (χ0n) is 15.8. The highest BCUT2D eigenvalue weighted by atomic mass is 32.2. The number of ether oxygens (including phenoxy) is 2. The molecule has 0 bridgehead atoms. The van der Waals surface area contributed by atoms with E-state index in [4.69, 9.17) is 9.47 Å². The second-order valence-corrected chi connectivity index (χ2v) is 8.40. The van der Waals surface area contributed by atoms with Gasteiger partial charge in [-0.05, 0) is 31.0 Å². The van der Waals surface area contributed by atoms with Gasteiger partial charge in [-0.3, -0.25) is 9.69 Å². The maximum absolute atomic E-state index is 14.8. The normalized spacial score (nSPS) is 23.9. The number of rotatable bonds is 4. The number of nitrogens with one attached hydrogen (secondary N) is 1. The molecule has 9 heteroatoms. The molecule has 0 aliphatic carbocycles. The molecule has 1 atom stereocenters. The van der Waals surface area contributed by atoms with Crippen LogP contribution < -0.4 is 15.1 Å². The molecule has 152 valence electrons. The van der Waals surface area contributed by atoms with Crippen molar-refractivity contribution in [3.63, 3.8) is 0 Å². The number of carbonyl (C=O) groups excluding carboxylic acids is 2. The van der Waals surface area contributed by atoms with Crippen LogP contribution in [0.2, 0.25) is 0 Å². The van der Waals surface area contributed by atoms with Gasteiger partial charge in [-0.2, -0.15) is 0 Å². The van der Waals surface area contributed by atoms with Crippen LogP contribution in [0.3, 0.4) is 0 Å². The molecule has 1 N–H and O–H groups in total. The van der Waals surface area contributed by atoms with Crippen LogP contribution in [-0.2, 0) is 14.3 Å². The Hall–Kier alpha value is -2.00. The maximum Gasteiger partial charge on any atom is 0.414 e. The minimum atomic E-state index is -0.529. The summed E-state index contributed by atoms with van der Waals surface area (Å²) in [5.74, 6) is 1.22. The van der Waals surface area contributed by atoms with Gasteiger partial charge in [0, 0.05) is 25.8 Å². The fraction of sp³-hybridized carbons (Fsp3) is 0.579. The average Bonchev–Trinajstić information content (AvgIpc) is 3.28. The number of amides is 2. The summed E-state index contributed by atoms with van der Waals surface area (Å²) < 4.78 is 26.0. The molecule has 1 spiro atoms. The third-order valence-electron chi connectivity index (χ3n) is 5.52. The molecule has 0 aromatic heterocycles. The number of halogens is 1. The number of anilines is 2. The Kier molecular flexibility index (Phi) is 5.37. The molecule has 3 fully saturated rings. The highest BCUT2D eigenvalue weighted by molar-refractivity contribution is 7.99. The third-order valence-corrected chi connectivity index (χ3v) is 6.54. The van der Waals surface area contributed by atoms with Crippen molar-refractivity contribution in [3.8, 4) is 0 Å². The smallest absolute Gasteiger partial charge is 0.414 e. The van der Waals surface area contributed by atoms with Gasteiger partial charge in [0.15, 0.2) is 0 Å². The molecule has 3 aliphatic heterocycles. The van der Waals surface area contributed by atoms with Crippen LogP contribution in [0, 0.1) is 5.82 Å². The van der Waals surface area contributed by atoms with Crippen LogP contribution in [0.1, 0.15) is 19.8 Å². The topological polar surface area (TPSA) is 71.1 Å². The van der Waals surface area contributed by atoms with E-state index in [0.29, 0.717) is 11.4 Å². The summed E-state index contributed by atoms with van der Waals surface area (Å²) in [4.78, 5) is 26.6. The van der Waals surface area contributed by atoms with E-state index in [2.05, 4.69) is 5.32 Å². The molecular weight excluding hydrogens is 385 g/mol. The van der Waals surface area contributed by atoms with E-state index in [1.807, 2.05) is 16.7 Å². The predicted octanol–water partition coefficient (Wildman–Crippen LogP) is 2.35. The number of nitrogens with zero attached hydrogens (tertiary/aromatic N) is 2. The standard InChI is InChI=1S/C19H24FN3O4S/c1-13(24)21-9-15-10-23(18(25)27-15)14-2-3-17(16(20)8-14)22-6-4-19(5-7-22)11-28-12-26-19/h2-3,8,15H,4-7,9-12H2,1H3,(H,21,24)/t15-/m0/s1. The quantitative estimate of drug-likeness (QED) is 0.823. The van der Waals surface area contributed by atoms with Crippen LogP contribution >= 0.6 is 11.8 Å². The Morgan fingerprint density at radius 1 is 1.39 bits per heavy atom. The molecule has 28 heavy (non-hydrogen) atoms. The van der Waals surface area contributed by atoms with Crippen molar-refractivity contribution in [1.82, 2.24) is 5.32 Å². The number of piperidine rings is 1. The molecule has 7 nitrogen and oxygen atoms in total. The van der Waals surface area contributed by atoms with Crippen molar-refractivity contribution in [2.75, 3.05) is 47.7 Å². The van der Waals surface area contributed by atoms with Gasteiger partial charge in [0.1, 0.15) is 11.9 Å². The minimum Gasteiger partial charge on any atom is -0.442 e. The van der Waals surface area contributed by atoms with Gasteiger partial charge in [0.25, 0.3) is 0 Å². The molecule has 3 saturated heterocycles. The zero-order chi connectivity index (χ0) is 19.7. The molecule has 3 aliphatic rings. The summed E-state index contributed by atoms with van der Waals surface area (Å²) >= 11 is 1.81. The molecule has 0 radical (unpaired) electrons. The zero-order valence-corrected chi connectivity index (χ0v) is 16.6. The first-order chi connectivity index (χ1) is 13.5. The fourth-order valence-electron chi connectivity index (χ4n) is 3.90. The van der Waals surface area contributed by atoms with Crippen molar-refractivity contribution in [3.05, 3.63) is 24.0 Å². The lowest BCUT2D eigenvalue weighted by molar-refractivity contribution is -0.119. The average molecular weight is 409 g/mol. The summed E-state index contributed by atoms with van der Waals surface area (Å²) in [6.45, 7) is 3.43. The van der Waals surface area contributed by atoms with Gasteiger partial charge in [-0.25, -0.2) is 9.18 Å². The van der Waals surface area contributed by atoms with Crippen molar-refractivity contribution >= 4 is 35.1 Å². The summed E-state index contributed by atoms with van der Waals surface area (Å²) in [5.41, 5.74) is 0.965. The van der Waals surface area contributed by atoms with Crippen LogP contribution in [0.5, 0.6) is 0 Å². The number of benzene rings is 1. The molecule has 3 heterocycles. The molecule has 1 aromatic rings. The summed E-state index contributed by atoms with van der Waals surface area (Å²) in [7, 11) is 0. The first-order valence-electron chi connectivity index (χ1n) is 9.45. The van der Waals surface area contributed by atoms with E-state index in [1.165, 1.54) is 17.9 Å². The van der Waals surface area contributed by atoms with E-state index in [1.54, 1.807) is 12.1 Å². The Bertz CT molecular complexity index is 762. The van der Waals surface area contributed by atoms with E-state index in [-0.39, 0.29) is 30.4 Å². The van der Waals surface area contributed by atoms with Gasteiger partial charge in [-0.1, -0.05) is 0 Å². The maximum atomic E-state index is 14.8. The van der Waals surface area contributed by atoms with E-state index < -0.39 is 12.2 Å². The van der Waals surface area contributed by atoms with Gasteiger partial charge in [-0.15, -0.1) is 11.8 Å². The van der Waals surface area contributed by atoms with Crippen LogP contribution in [0.15, 0.2) is 18.2 Å². The first kappa shape index (κ1) is 19.3. The summed E-state index contributed by atoms with van der Waals surface area (Å²) in [6, 6.07) is 4.85. The Balaban J connectivity index is 1.41. The third kappa shape index (κ3) is 3.91. The first-order valence-corrected chi connectivity index (χ1v) is 10.6. The predicted molar refractivity (Wildman–Crippen MR) is 105 cm³/mol. The van der Waals surface area contributed by atoms with E-state index in [0.717, 1.165) is 37.6 Å². The number of hydrogen-bond donors (Lipinski definition) is 1. The lowest BCUT2D eigenvalue weighted by Gasteiger charge is -2.39. The SMILES string of the molecule is CC(=O)NC[C@H]1CN(c2ccc(N3CCC4(CC3)CSCO4)c(F)c2)C(=O)O1. The van der Waals surface area contributed by atoms with Crippen molar-refractivity contribution in [2.45, 2.75) is 31.5 Å². The largest absolute Gasteiger partial charge is 0.442 e. The van der Waals surface area contributed by atoms with Gasteiger partial charge >= 0.3 is 6.09 Å². The van der Waals surface area contributed by atoms with Crippen molar-refractivity contribution < 1.29 is 23.5 Å². The second-order valence-electron chi connectivity index (χ2n) is 7.47. The van der Waals surface area contributed by atoms with Crippen LogP contribution in [0.4, 0.5) is 20.6 Å². The lowest BCUT2D eigenvalue weighted by atomic mass is 9.93. The minimum absolute atomic E-state index is 0.0419. The molecular formula is C19H24FN3O4S. The van der Waals surface area contributed by atoms with Gasteiger partial charge < -0.3 is 19.7 Å². The van der Waals surface area contributed by atoms with Crippen molar-refractivity contribution in [2.24, 2.45) is 0 Å².